The minimum Gasteiger partial charge on any atom is -0.494 e. The fourth-order valence-electron chi connectivity index (χ4n) is 3.18. The maximum Gasteiger partial charge on any atom is 0.343 e. The highest BCUT2D eigenvalue weighted by Gasteiger charge is 2.09. The Morgan fingerprint density at radius 3 is 2.31 bits per heavy atom. The van der Waals surface area contributed by atoms with Crippen LogP contribution in [0.2, 0.25) is 0 Å². The average molecular weight is 489 g/mol. The Balaban J connectivity index is 1.46. The second-order valence-corrected chi connectivity index (χ2v) is 8.59. The van der Waals surface area contributed by atoms with E-state index in [1.54, 1.807) is 48.5 Å². The van der Waals surface area contributed by atoms with Crippen LogP contribution in [0.1, 0.15) is 60.2 Å². The van der Waals surface area contributed by atoms with Crippen LogP contribution in [0.5, 0.6) is 17.2 Å². The Labute approximate surface area is 212 Å². The molecule has 3 aromatic carbocycles. The smallest absolute Gasteiger partial charge is 0.343 e. The molecular weight excluding hydrogens is 456 g/mol. The van der Waals surface area contributed by atoms with Crippen LogP contribution in [-0.4, -0.2) is 31.3 Å². The number of hydrogen-bond donors (Lipinski definition) is 1. The summed E-state index contributed by atoms with van der Waals surface area (Å²) in [4.78, 5) is 24.5. The number of esters is 1. The van der Waals surface area contributed by atoms with E-state index in [4.69, 9.17) is 14.2 Å². The second kappa shape index (κ2) is 13.1. The lowest BCUT2D eigenvalue weighted by atomic mass is 10.0. The number of aryl methyl sites for hydroxylation is 1. The number of ether oxygens (including phenoxy) is 3. The number of hydrazone groups is 1. The molecule has 0 heterocycles. The highest BCUT2D eigenvalue weighted by atomic mass is 16.5. The summed E-state index contributed by atoms with van der Waals surface area (Å²) < 4.78 is 16.6. The monoisotopic (exact) mass is 488 g/mol. The van der Waals surface area contributed by atoms with Crippen molar-refractivity contribution < 1.29 is 23.8 Å². The highest BCUT2D eigenvalue weighted by molar-refractivity contribution is 5.91. The van der Waals surface area contributed by atoms with Crippen LogP contribution in [0.3, 0.4) is 0 Å². The number of amides is 1. The van der Waals surface area contributed by atoms with Crippen LogP contribution in [0.25, 0.3) is 0 Å². The minimum atomic E-state index is -0.458. The van der Waals surface area contributed by atoms with Crippen LogP contribution in [0.15, 0.2) is 71.8 Å². The van der Waals surface area contributed by atoms with E-state index in [2.05, 4.69) is 30.4 Å². The van der Waals surface area contributed by atoms with Crippen LogP contribution in [0, 0.1) is 6.92 Å². The fourth-order valence-corrected chi connectivity index (χ4v) is 3.18. The molecule has 0 saturated carbocycles. The number of nitrogens with one attached hydrogen (secondary N) is 1. The molecule has 0 saturated heterocycles. The first kappa shape index (κ1) is 26.5. The fraction of sp³-hybridized carbons (Fsp3) is 0.276. The number of benzene rings is 3. The number of hydrogen-bond acceptors (Lipinski definition) is 6. The molecule has 0 atom stereocenters. The molecule has 1 amide bonds. The third-order valence-corrected chi connectivity index (χ3v) is 5.29. The molecule has 0 fully saturated rings. The molecular formula is C29H32N2O5. The molecule has 0 spiro atoms. The summed E-state index contributed by atoms with van der Waals surface area (Å²) in [5, 5.41) is 3.97. The van der Waals surface area contributed by atoms with E-state index < -0.39 is 5.97 Å². The first-order valence-electron chi connectivity index (χ1n) is 12.0. The van der Waals surface area contributed by atoms with Crippen LogP contribution in [0.4, 0.5) is 0 Å². The quantitative estimate of drug-likeness (QED) is 0.163. The summed E-state index contributed by atoms with van der Waals surface area (Å²) in [7, 11) is 0. The van der Waals surface area contributed by atoms with Crippen molar-refractivity contribution in [3.8, 4) is 17.2 Å². The molecule has 3 aromatic rings. The minimum absolute atomic E-state index is 0.139. The van der Waals surface area contributed by atoms with Gasteiger partial charge in [-0.25, -0.2) is 10.2 Å². The van der Waals surface area contributed by atoms with Crippen LogP contribution in [-0.2, 0) is 4.79 Å². The summed E-state index contributed by atoms with van der Waals surface area (Å²) in [6, 6.07) is 19.6. The van der Waals surface area contributed by atoms with Gasteiger partial charge in [-0.15, -0.1) is 0 Å². The van der Waals surface area contributed by atoms with Crippen molar-refractivity contribution in [3.63, 3.8) is 0 Å². The van der Waals surface area contributed by atoms with Crippen LogP contribution < -0.4 is 19.6 Å². The van der Waals surface area contributed by atoms with Gasteiger partial charge in [-0.2, -0.15) is 5.10 Å². The SMILES string of the molecule is CCCOc1ccc(C(=O)Oc2ccc(/C=N\NC(=O)COc3cc(C(C)C)ccc3C)cc2)cc1. The van der Waals surface area contributed by atoms with Gasteiger partial charge in [-0.3, -0.25) is 4.79 Å². The van der Waals surface area contributed by atoms with Gasteiger partial charge in [0.1, 0.15) is 17.2 Å². The van der Waals surface area contributed by atoms with Gasteiger partial charge in [0.05, 0.1) is 18.4 Å². The summed E-state index contributed by atoms with van der Waals surface area (Å²) in [5.41, 5.74) is 5.73. The highest BCUT2D eigenvalue weighted by Crippen LogP contribution is 2.24. The van der Waals surface area contributed by atoms with E-state index in [0.717, 1.165) is 23.1 Å². The zero-order chi connectivity index (χ0) is 25.9. The zero-order valence-corrected chi connectivity index (χ0v) is 21.1. The third kappa shape index (κ3) is 7.98. The Morgan fingerprint density at radius 1 is 0.944 bits per heavy atom. The molecule has 0 aliphatic carbocycles. The summed E-state index contributed by atoms with van der Waals surface area (Å²) >= 11 is 0. The van der Waals surface area contributed by atoms with Gasteiger partial charge in [0.15, 0.2) is 6.61 Å². The van der Waals surface area contributed by atoms with Crippen molar-refractivity contribution in [1.29, 1.82) is 0 Å². The maximum atomic E-state index is 12.4. The molecule has 1 N–H and O–H groups in total. The van der Waals surface area contributed by atoms with E-state index in [9.17, 15) is 9.59 Å². The lowest BCUT2D eigenvalue weighted by Crippen LogP contribution is -2.24. The number of nitrogens with zero attached hydrogens (tertiary/aromatic N) is 1. The largest absolute Gasteiger partial charge is 0.494 e. The van der Waals surface area contributed by atoms with Crippen molar-refractivity contribution in [1.82, 2.24) is 5.43 Å². The molecule has 7 heteroatoms. The Bertz CT molecular complexity index is 1190. The lowest BCUT2D eigenvalue weighted by molar-refractivity contribution is -0.123. The Morgan fingerprint density at radius 2 is 1.64 bits per heavy atom. The van der Waals surface area contributed by atoms with Crippen molar-refractivity contribution in [3.05, 3.63) is 89.0 Å². The van der Waals surface area contributed by atoms with E-state index >= 15 is 0 Å². The third-order valence-electron chi connectivity index (χ3n) is 5.29. The average Bonchev–Trinajstić information content (AvgIpc) is 2.88. The molecule has 0 radical (unpaired) electrons. The summed E-state index contributed by atoms with van der Waals surface area (Å²) in [5.74, 6) is 1.35. The number of rotatable bonds is 11. The molecule has 0 bridgehead atoms. The van der Waals surface area contributed by atoms with Gasteiger partial charge in [0, 0.05) is 0 Å². The van der Waals surface area contributed by atoms with Gasteiger partial charge < -0.3 is 14.2 Å². The van der Waals surface area contributed by atoms with Crippen molar-refractivity contribution in [2.24, 2.45) is 5.10 Å². The second-order valence-electron chi connectivity index (χ2n) is 8.59. The predicted octanol–water partition coefficient (Wildman–Crippen LogP) is 5.66. The van der Waals surface area contributed by atoms with Crippen molar-refractivity contribution in [2.45, 2.75) is 40.0 Å². The molecule has 188 valence electrons. The van der Waals surface area contributed by atoms with Crippen molar-refractivity contribution >= 4 is 18.1 Å². The molecule has 0 aliphatic heterocycles. The summed E-state index contributed by atoms with van der Waals surface area (Å²) in [6.45, 7) is 8.67. The molecule has 0 aromatic heterocycles. The number of carbonyl (C=O) groups excluding carboxylic acids is 2. The summed E-state index contributed by atoms with van der Waals surface area (Å²) in [6.07, 6.45) is 2.42. The van der Waals surface area contributed by atoms with E-state index in [1.807, 2.05) is 26.0 Å². The lowest BCUT2D eigenvalue weighted by Gasteiger charge is -2.12. The van der Waals surface area contributed by atoms with Gasteiger partial charge in [0.25, 0.3) is 5.91 Å². The van der Waals surface area contributed by atoms with Gasteiger partial charge in [0.2, 0.25) is 0 Å². The molecule has 7 nitrogen and oxygen atoms in total. The van der Waals surface area contributed by atoms with Gasteiger partial charge in [-0.05, 0) is 90.6 Å². The first-order chi connectivity index (χ1) is 17.4. The van der Waals surface area contributed by atoms with Gasteiger partial charge >= 0.3 is 5.97 Å². The van der Waals surface area contributed by atoms with E-state index in [-0.39, 0.29) is 12.5 Å². The normalized spacial score (nSPS) is 10.9. The number of carbonyl (C=O) groups is 2. The maximum absolute atomic E-state index is 12.4. The van der Waals surface area contributed by atoms with E-state index in [1.165, 1.54) is 6.21 Å². The molecule has 0 unspecified atom stereocenters. The molecule has 0 aliphatic rings. The predicted molar refractivity (Wildman–Crippen MR) is 140 cm³/mol. The molecule has 36 heavy (non-hydrogen) atoms. The molecule has 3 rings (SSSR count). The Hall–Kier alpha value is -4.13. The topological polar surface area (TPSA) is 86.2 Å². The Kier molecular flexibility index (Phi) is 9.63. The van der Waals surface area contributed by atoms with E-state index in [0.29, 0.717) is 35.3 Å². The van der Waals surface area contributed by atoms with Crippen LogP contribution >= 0.6 is 0 Å². The first-order valence-corrected chi connectivity index (χ1v) is 12.0. The van der Waals surface area contributed by atoms with Gasteiger partial charge in [-0.1, -0.05) is 32.9 Å². The zero-order valence-electron chi connectivity index (χ0n) is 21.1. The van der Waals surface area contributed by atoms with Crippen molar-refractivity contribution in [2.75, 3.05) is 13.2 Å². The standard InChI is InChI=1S/C29H32N2O5/c1-5-16-34-25-14-10-23(11-15-25)29(33)36-26-12-7-22(8-13-26)18-30-31-28(32)19-35-27-17-24(20(2)3)9-6-21(27)4/h6-15,17-18,20H,5,16,19H2,1-4H3,(H,31,32)/b30-18-.